The molecule has 6 nitrogen and oxygen atoms in total. The number of carbonyl (C=O) groups excluding carboxylic acids is 3. The standard InChI is InChI=1S/C16H19NO5S/c1-10(18)17-9-12-14(21-11(2)19)5-4-6-15(20)22-16(12)13(17)7-8-23-3/h5,9H,4,6-8H2,1-3H3/b14-5+. The molecule has 0 radical (unpaired) electrons. The van der Waals surface area contributed by atoms with Crippen LogP contribution in [0, 0.1) is 0 Å². The predicted octanol–water partition coefficient (Wildman–Crippen LogP) is 2.66. The first kappa shape index (κ1) is 17.3. The third-order valence-electron chi connectivity index (χ3n) is 3.35. The Morgan fingerprint density at radius 3 is 2.74 bits per heavy atom. The molecule has 1 aromatic rings. The van der Waals surface area contributed by atoms with Crippen LogP contribution in [0.5, 0.6) is 5.75 Å². The molecule has 1 aromatic heterocycles. The molecule has 7 heteroatoms. The molecule has 1 aliphatic heterocycles. The second-order valence-electron chi connectivity index (χ2n) is 5.13. The predicted molar refractivity (Wildman–Crippen MR) is 87.4 cm³/mol. The van der Waals surface area contributed by atoms with Crippen molar-refractivity contribution >= 4 is 35.4 Å². The van der Waals surface area contributed by atoms with Crippen molar-refractivity contribution in [2.45, 2.75) is 33.1 Å². The van der Waals surface area contributed by atoms with Gasteiger partial charge in [0.1, 0.15) is 5.76 Å². The molecule has 0 spiro atoms. The van der Waals surface area contributed by atoms with Gasteiger partial charge in [-0.15, -0.1) is 0 Å². The van der Waals surface area contributed by atoms with Gasteiger partial charge in [0, 0.05) is 32.9 Å². The lowest BCUT2D eigenvalue weighted by molar-refractivity contribution is -0.134. The van der Waals surface area contributed by atoms with E-state index in [-0.39, 0.29) is 18.3 Å². The van der Waals surface area contributed by atoms with Crippen molar-refractivity contribution in [3.05, 3.63) is 23.5 Å². The summed E-state index contributed by atoms with van der Waals surface area (Å²) in [5.41, 5.74) is 1.08. The fourth-order valence-corrected chi connectivity index (χ4v) is 2.78. The van der Waals surface area contributed by atoms with Crippen molar-refractivity contribution in [2.24, 2.45) is 0 Å². The zero-order valence-corrected chi connectivity index (χ0v) is 14.2. The average Bonchev–Trinajstić information content (AvgIpc) is 2.80. The molecule has 0 N–H and O–H groups in total. The first-order valence-corrected chi connectivity index (χ1v) is 8.67. The fraction of sp³-hybridized carbons (Fsp3) is 0.438. The maximum atomic E-state index is 11.9. The lowest BCUT2D eigenvalue weighted by Crippen LogP contribution is -2.14. The average molecular weight is 337 g/mol. The highest BCUT2D eigenvalue weighted by Gasteiger charge is 2.26. The van der Waals surface area contributed by atoms with E-state index < -0.39 is 5.97 Å². The van der Waals surface area contributed by atoms with Gasteiger partial charge in [-0.3, -0.25) is 19.0 Å². The van der Waals surface area contributed by atoms with Gasteiger partial charge in [-0.05, 0) is 24.5 Å². The zero-order valence-electron chi connectivity index (χ0n) is 13.4. The Morgan fingerprint density at radius 2 is 2.13 bits per heavy atom. The highest BCUT2D eigenvalue weighted by molar-refractivity contribution is 7.98. The Labute approximate surface area is 138 Å². The third-order valence-corrected chi connectivity index (χ3v) is 3.96. The number of allylic oxidation sites excluding steroid dienone is 1. The summed E-state index contributed by atoms with van der Waals surface area (Å²) in [7, 11) is 0. The first-order chi connectivity index (χ1) is 10.9. The molecular weight excluding hydrogens is 318 g/mol. The molecule has 124 valence electrons. The highest BCUT2D eigenvalue weighted by atomic mass is 32.2. The molecule has 1 aliphatic rings. The number of nitrogens with zero attached hydrogens (tertiary/aromatic N) is 1. The second kappa shape index (κ2) is 7.50. The number of aromatic nitrogens is 1. The molecule has 2 rings (SSSR count). The molecule has 0 saturated heterocycles. The van der Waals surface area contributed by atoms with Crippen molar-refractivity contribution in [1.29, 1.82) is 0 Å². The molecule has 0 fully saturated rings. The number of fused-ring (bicyclic) bond motifs is 1. The molecule has 0 aromatic carbocycles. The van der Waals surface area contributed by atoms with E-state index in [4.69, 9.17) is 9.47 Å². The molecule has 0 aliphatic carbocycles. The van der Waals surface area contributed by atoms with Gasteiger partial charge in [-0.1, -0.05) is 0 Å². The molecule has 23 heavy (non-hydrogen) atoms. The van der Waals surface area contributed by atoms with Gasteiger partial charge in [0.15, 0.2) is 5.75 Å². The maximum absolute atomic E-state index is 11.9. The van der Waals surface area contributed by atoms with Crippen molar-refractivity contribution in [2.75, 3.05) is 12.0 Å². The zero-order chi connectivity index (χ0) is 17.0. The minimum Gasteiger partial charge on any atom is -0.426 e. The topological polar surface area (TPSA) is 74.6 Å². The summed E-state index contributed by atoms with van der Waals surface area (Å²) in [6.45, 7) is 2.74. The van der Waals surface area contributed by atoms with Crippen molar-refractivity contribution in [1.82, 2.24) is 4.57 Å². The van der Waals surface area contributed by atoms with Crippen LogP contribution in [-0.4, -0.2) is 34.4 Å². The third kappa shape index (κ3) is 4.04. The van der Waals surface area contributed by atoms with Crippen molar-refractivity contribution < 1.29 is 23.9 Å². The summed E-state index contributed by atoms with van der Waals surface area (Å²) < 4.78 is 12.2. The molecule has 0 bridgehead atoms. The lowest BCUT2D eigenvalue weighted by Gasteiger charge is -2.13. The maximum Gasteiger partial charge on any atom is 0.311 e. The fourth-order valence-electron chi connectivity index (χ4n) is 2.38. The van der Waals surface area contributed by atoms with Crippen molar-refractivity contribution in [3.63, 3.8) is 0 Å². The van der Waals surface area contributed by atoms with E-state index in [0.717, 1.165) is 5.75 Å². The van der Waals surface area contributed by atoms with Crippen LogP contribution in [0.15, 0.2) is 12.3 Å². The van der Waals surface area contributed by atoms with Gasteiger partial charge in [0.2, 0.25) is 5.91 Å². The van der Waals surface area contributed by atoms with Gasteiger partial charge in [0.05, 0.1) is 11.3 Å². The van der Waals surface area contributed by atoms with Gasteiger partial charge >= 0.3 is 11.9 Å². The van der Waals surface area contributed by atoms with E-state index >= 15 is 0 Å². The van der Waals surface area contributed by atoms with Crippen LogP contribution in [0.2, 0.25) is 0 Å². The van der Waals surface area contributed by atoms with E-state index in [2.05, 4.69) is 0 Å². The lowest BCUT2D eigenvalue weighted by atomic mass is 10.1. The highest BCUT2D eigenvalue weighted by Crippen LogP contribution is 2.35. The van der Waals surface area contributed by atoms with Crippen LogP contribution < -0.4 is 4.74 Å². The largest absolute Gasteiger partial charge is 0.426 e. The molecule has 2 heterocycles. The number of thioether (sulfide) groups is 1. The van der Waals surface area contributed by atoms with Crippen LogP contribution in [0.4, 0.5) is 0 Å². The number of carbonyl (C=O) groups is 3. The number of hydrogen-bond acceptors (Lipinski definition) is 6. The Balaban J connectivity index is 2.58. The molecule has 0 atom stereocenters. The Bertz CT molecular complexity index is 674. The molecule has 0 saturated carbocycles. The van der Waals surface area contributed by atoms with Gasteiger partial charge in [0.25, 0.3) is 0 Å². The van der Waals surface area contributed by atoms with Gasteiger partial charge in [-0.2, -0.15) is 11.8 Å². The van der Waals surface area contributed by atoms with E-state index in [1.165, 1.54) is 18.4 Å². The summed E-state index contributed by atoms with van der Waals surface area (Å²) in [5.74, 6) is 0.391. The number of rotatable bonds is 4. The molecule has 0 unspecified atom stereocenters. The van der Waals surface area contributed by atoms with E-state index in [1.807, 2.05) is 6.26 Å². The van der Waals surface area contributed by atoms with Crippen LogP contribution >= 0.6 is 11.8 Å². The summed E-state index contributed by atoms with van der Waals surface area (Å²) in [6.07, 6.45) is 6.38. The summed E-state index contributed by atoms with van der Waals surface area (Å²) >= 11 is 1.63. The number of esters is 2. The molecule has 0 amide bonds. The Hall–Kier alpha value is -2.02. The monoisotopic (exact) mass is 337 g/mol. The second-order valence-corrected chi connectivity index (χ2v) is 6.11. The van der Waals surface area contributed by atoms with E-state index in [9.17, 15) is 14.4 Å². The minimum atomic E-state index is -0.463. The van der Waals surface area contributed by atoms with Crippen LogP contribution in [0.1, 0.15) is 42.7 Å². The Kier molecular flexibility index (Phi) is 5.65. The summed E-state index contributed by atoms with van der Waals surface area (Å²) in [5, 5.41) is 0. The van der Waals surface area contributed by atoms with Gasteiger partial charge in [-0.25, -0.2) is 0 Å². The van der Waals surface area contributed by atoms with E-state index in [1.54, 1.807) is 24.0 Å². The van der Waals surface area contributed by atoms with E-state index in [0.29, 0.717) is 35.6 Å². The first-order valence-electron chi connectivity index (χ1n) is 7.27. The quantitative estimate of drug-likeness (QED) is 0.786. The smallest absolute Gasteiger partial charge is 0.311 e. The molecular formula is C16H19NO5S. The number of hydrogen-bond donors (Lipinski definition) is 0. The number of ether oxygens (including phenoxy) is 2. The SMILES string of the molecule is CSCCc1c2c(cn1C(C)=O)/C(OC(C)=O)=C\CCC(=O)O2. The summed E-state index contributed by atoms with van der Waals surface area (Å²) in [4.78, 5) is 35.1. The van der Waals surface area contributed by atoms with Crippen LogP contribution in [-0.2, 0) is 20.7 Å². The normalized spacial score (nSPS) is 16.5. The van der Waals surface area contributed by atoms with Crippen molar-refractivity contribution in [3.8, 4) is 5.75 Å². The van der Waals surface area contributed by atoms with Gasteiger partial charge < -0.3 is 9.47 Å². The van der Waals surface area contributed by atoms with Crippen LogP contribution in [0.25, 0.3) is 5.76 Å². The Morgan fingerprint density at radius 1 is 1.39 bits per heavy atom. The minimum absolute atomic E-state index is 0.189. The summed E-state index contributed by atoms with van der Waals surface area (Å²) in [6, 6.07) is 0. The van der Waals surface area contributed by atoms with Crippen LogP contribution in [0.3, 0.4) is 0 Å².